The summed E-state index contributed by atoms with van der Waals surface area (Å²) >= 11 is 2.01. The van der Waals surface area contributed by atoms with Crippen molar-refractivity contribution >= 4 is 23.4 Å². The van der Waals surface area contributed by atoms with Crippen LogP contribution < -0.4 is 15.0 Å². The van der Waals surface area contributed by atoms with E-state index in [0.29, 0.717) is 0 Å². The highest BCUT2D eigenvalue weighted by Crippen LogP contribution is 2.37. The first-order chi connectivity index (χ1) is 9.57. The summed E-state index contributed by atoms with van der Waals surface area (Å²) in [6.07, 6.45) is 2.67. The molecule has 0 saturated carbocycles. The van der Waals surface area contributed by atoms with Crippen LogP contribution in [-0.2, 0) is 0 Å². The van der Waals surface area contributed by atoms with E-state index in [9.17, 15) is 0 Å². The summed E-state index contributed by atoms with van der Waals surface area (Å²) < 4.78 is 5.80. The van der Waals surface area contributed by atoms with Gasteiger partial charge in [0, 0.05) is 30.1 Å². The molecule has 1 aromatic rings. The first-order valence-electron chi connectivity index (χ1n) is 7.09. The number of anilines is 2. The van der Waals surface area contributed by atoms with Gasteiger partial charge in [-0.2, -0.15) is 11.8 Å². The van der Waals surface area contributed by atoms with Gasteiger partial charge in [-0.15, -0.1) is 0 Å². The molecule has 20 heavy (non-hydrogen) atoms. The molecule has 0 amide bonds. The van der Waals surface area contributed by atoms with E-state index < -0.39 is 0 Å². The molecule has 6 heteroatoms. The topological polar surface area (TPSA) is 50.3 Å². The van der Waals surface area contributed by atoms with E-state index in [1.165, 1.54) is 0 Å². The molecule has 1 N–H and O–H groups in total. The SMILES string of the molecule is CCCNc1ncnc(N2CCSC(C)(C)C2)c1OC. The first-order valence-corrected chi connectivity index (χ1v) is 8.07. The Morgan fingerprint density at radius 2 is 2.25 bits per heavy atom. The van der Waals surface area contributed by atoms with E-state index in [2.05, 4.69) is 41.0 Å². The molecule has 0 aromatic carbocycles. The van der Waals surface area contributed by atoms with E-state index in [4.69, 9.17) is 4.74 Å². The largest absolute Gasteiger partial charge is 0.490 e. The molecule has 0 unspecified atom stereocenters. The van der Waals surface area contributed by atoms with Gasteiger partial charge in [0.2, 0.25) is 5.75 Å². The second-order valence-electron chi connectivity index (χ2n) is 5.54. The number of nitrogens with one attached hydrogen (secondary N) is 1. The number of aromatic nitrogens is 2. The normalized spacial score (nSPS) is 17.9. The van der Waals surface area contributed by atoms with Crippen molar-refractivity contribution in [1.29, 1.82) is 0 Å². The van der Waals surface area contributed by atoms with Gasteiger partial charge in [-0.05, 0) is 20.3 Å². The number of rotatable bonds is 5. The predicted octanol–water partition coefficient (Wildman–Crippen LogP) is 2.64. The fourth-order valence-electron chi connectivity index (χ4n) is 2.34. The second kappa shape index (κ2) is 6.52. The van der Waals surface area contributed by atoms with Crippen LogP contribution in [0.3, 0.4) is 0 Å². The average Bonchev–Trinajstić information content (AvgIpc) is 2.43. The van der Waals surface area contributed by atoms with Crippen molar-refractivity contribution in [3.05, 3.63) is 6.33 Å². The Bertz CT molecular complexity index is 453. The van der Waals surface area contributed by atoms with Gasteiger partial charge in [-0.25, -0.2) is 9.97 Å². The van der Waals surface area contributed by atoms with Gasteiger partial charge in [0.05, 0.1) is 7.11 Å². The molecule has 2 rings (SSSR count). The highest BCUT2D eigenvalue weighted by atomic mass is 32.2. The Labute approximate surface area is 125 Å². The minimum Gasteiger partial charge on any atom is -0.490 e. The van der Waals surface area contributed by atoms with E-state index in [1.807, 2.05) is 11.8 Å². The molecule has 0 radical (unpaired) electrons. The van der Waals surface area contributed by atoms with Crippen LogP contribution >= 0.6 is 11.8 Å². The average molecular weight is 296 g/mol. The highest BCUT2D eigenvalue weighted by Gasteiger charge is 2.30. The first kappa shape index (κ1) is 15.2. The Balaban J connectivity index is 2.26. The standard InChI is InChI=1S/C14H24N4OS/c1-5-6-15-12-11(19-4)13(17-10-16-12)18-7-8-20-14(2,3)9-18/h10H,5-9H2,1-4H3,(H,15,16,17). The lowest BCUT2D eigenvalue weighted by molar-refractivity contribution is 0.411. The van der Waals surface area contributed by atoms with Crippen LogP contribution in [0.1, 0.15) is 27.2 Å². The van der Waals surface area contributed by atoms with Crippen LogP contribution in [0.25, 0.3) is 0 Å². The van der Waals surface area contributed by atoms with Gasteiger partial charge in [0.15, 0.2) is 11.6 Å². The molecule has 1 aliphatic heterocycles. The van der Waals surface area contributed by atoms with Crippen molar-refractivity contribution in [2.75, 3.05) is 42.7 Å². The van der Waals surface area contributed by atoms with Gasteiger partial charge >= 0.3 is 0 Å². The Hall–Kier alpha value is -1.17. The van der Waals surface area contributed by atoms with Gasteiger partial charge in [-0.3, -0.25) is 0 Å². The third-order valence-corrected chi connectivity index (χ3v) is 4.55. The molecular weight excluding hydrogens is 272 g/mol. The number of thioether (sulfide) groups is 1. The van der Waals surface area contributed by atoms with Crippen LogP contribution in [0, 0.1) is 0 Å². The van der Waals surface area contributed by atoms with Crippen molar-refractivity contribution in [2.24, 2.45) is 0 Å². The van der Waals surface area contributed by atoms with Crippen molar-refractivity contribution < 1.29 is 4.74 Å². The van der Waals surface area contributed by atoms with Crippen LogP contribution in [0.4, 0.5) is 11.6 Å². The molecule has 0 spiro atoms. The van der Waals surface area contributed by atoms with Crippen molar-refractivity contribution in [3.63, 3.8) is 0 Å². The summed E-state index contributed by atoms with van der Waals surface area (Å²) in [4.78, 5) is 11.0. The lowest BCUT2D eigenvalue weighted by Crippen LogP contribution is -2.43. The Kier molecular flexibility index (Phi) is 4.96. The van der Waals surface area contributed by atoms with E-state index >= 15 is 0 Å². The van der Waals surface area contributed by atoms with E-state index in [0.717, 1.165) is 49.2 Å². The molecule has 1 fully saturated rings. The van der Waals surface area contributed by atoms with Crippen molar-refractivity contribution in [3.8, 4) is 5.75 Å². The smallest absolute Gasteiger partial charge is 0.204 e. The number of methoxy groups -OCH3 is 1. The van der Waals surface area contributed by atoms with Gasteiger partial charge < -0.3 is 15.0 Å². The van der Waals surface area contributed by atoms with Gasteiger partial charge in [0.25, 0.3) is 0 Å². The second-order valence-corrected chi connectivity index (χ2v) is 7.34. The van der Waals surface area contributed by atoms with Crippen molar-refractivity contribution in [2.45, 2.75) is 31.9 Å². The van der Waals surface area contributed by atoms with E-state index in [-0.39, 0.29) is 4.75 Å². The summed E-state index contributed by atoms with van der Waals surface area (Å²) in [6.45, 7) is 9.52. The number of hydrogen-bond donors (Lipinski definition) is 1. The minimum atomic E-state index is 0.241. The van der Waals surface area contributed by atoms with Crippen LogP contribution in [0.15, 0.2) is 6.33 Å². The lowest BCUT2D eigenvalue weighted by Gasteiger charge is -2.38. The summed E-state index contributed by atoms with van der Waals surface area (Å²) in [5, 5.41) is 3.31. The zero-order chi connectivity index (χ0) is 14.6. The molecule has 5 nitrogen and oxygen atoms in total. The number of ether oxygens (including phenoxy) is 1. The monoisotopic (exact) mass is 296 g/mol. The van der Waals surface area contributed by atoms with Crippen LogP contribution in [-0.4, -0.2) is 47.2 Å². The van der Waals surface area contributed by atoms with Gasteiger partial charge in [-0.1, -0.05) is 6.92 Å². The molecule has 1 saturated heterocycles. The molecule has 0 aliphatic carbocycles. The maximum absolute atomic E-state index is 5.56. The highest BCUT2D eigenvalue weighted by molar-refractivity contribution is 8.00. The zero-order valence-electron chi connectivity index (χ0n) is 12.8. The van der Waals surface area contributed by atoms with Crippen LogP contribution in [0.5, 0.6) is 5.75 Å². The Morgan fingerprint density at radius 3 is 2.90 bits per heavy atom. The minimum absolute atomic E-state index is 0.241. The molecule has 1 aliphatic rings. The molecular formula is C14H24N4OS. The molecule has 2 heterocycles. The predicted molar refractivity (Wildman–Crippen MR) is 86.1 cm³/mol. The van der Waals surface area contributed by atoms with Crippen molar-refractivity contribution in [1.82, 2.24) is 9.97 Å². The lowest BCUT2D eigenvalue weighted by atomic mass is 10.2. The third-order valence-electron chi connectivity index (χ3n) is 3.26. The summed E-state index contributed by atoms with van der Waals surface area (Å²) in [5.74, 6) is 3.55. The Morgan fingerprint density at radius 1 is 1.45 bits per heavy atom. The zero-order valence-corrected chi connectivity index (χ0v) is 13.6. The fourth-order valence-corrected chi connectivity index (χ4v) is 3.46. The number of hydrogen-bond acceptors (Lipinski definition) is 6. The third kappa shape index (κ3) is 3.48. The summed E-state index contributed by atoms with van der Waals surface area (Å²) in [5.41, 5.74) is 0. The van der Waals surface area contributed by atoms with E-state index in [1.54, 1.807) is 13.4 Å². The molecule has 112 valence electrons. The van der Waals surface area contributed by atoms with Gasteiger partial charge in [0.1, 0.15) is 6.33 Å². The molecule has 1 aromatic heterocycles. The number of nitrogens with zero attached hydrogens (tertiary/aromatic N) is 3. The molecule has 0 bridgehead atoms. The molecule has 0 atom stereocenters. The van der Waals surface area contributed by atoms with Crippen LogP contribution in [0.2, 0.25) is 0 Å². The summed E-state index contributed by atoms with van der Waals surface area (Å²) in [6, 6.07) is 0. The summed E-state index contributed by atoms with van der Waals surface area (Å²) in [7, 11) is 1.68. The maximum atomic E-state index is 5.56. The maximum Gasteiger partial charge on any atom is 0.204 e. The quantitative estimate of drug-likeness (QED) is 0.901. The fraction of sp³-hybridized carbons (Fsp3) is 0.714.